The van der Waals surface area contributed by atoms with Crippen molar-refractivity contribution in [2.75, 3.05) is 10.6 Å². The van der Waals surface area contributed by atoms with Gasteiger partial charge >= 0.3 is 0 Å². The van der Waals surface area contributed by atoms with Crippen LogP contribution >= 0.6 is 0 Å². The summed E-state index contributed by atoms with van der Waals surface area (Å²) in [5, 5.41) is 15.4. The molecule has 31 heavy (non-hydrogen) atoms. The van der Waals surface area contributed by atoms with Gasteiger partial charge in [0, 0.05) is 17.6 Å². The molecule has 0 fully saturated rings. The maximum atomic E-state index is 13.6. The summed E-state index contributed by atoms with van der Waals surface area (Å²) in [7, 11) is 0. The molecule has 152 valence electrons. The fourth-order valence-corrected chi connectivity index (χ4v) is 3.37. The molecular formula is C25H20FN5. The van der Waals surface area contributed by atoms with Gasteiger partial charge in [0.05, 0.1) is 11.6 Å². The molecule has 0 aliphatic rings. The van der Waals surface area contributed by atoms with Crippen molar-refractivity contribution < 1.29 is 4.39 Å². The van der Waals surface area contributed by atoms with Gasteiger partial charge in [-0.3, -0.25) is 0 Å². The van der Waals surface area contributed by atoms with Crippen molar-refractivity contribution in [2.24, 2.45) is 0 Å². The molecule has 4 aromatic rings. The summed E-state index contributed by atoms with van der Waals surface area (Å²) in [4.78, 5) is 8.80. The van der Waals surface area contributed by atoms with E-state index in [1.807, 2.05) is 32.0 Å². The molecule has 3 aromatic carbocycles. The van der Waals surface area contributed by atoms with Gasteiger partial charge in [0.2, 0.25) is 5.95 Å². The molecule has 0 saturated heterocycles. The Morgan fingerprint density at radius 1 is 0.871 bits per heavy atom. The van der Waals surface area contributed by atoms with E-state index in [2.05, 4.69) is 26.7 Å². The summed E-state index contributed by atoms with van der Waals surface area (Å²) in [6.07, 6.45) is 1.67. The largest absolute Gasteiger partial charge is 0.340 e. The molecule has 1 heterocycles. The van der Waals surface area contributed by atoms with Crippen LogP contribution in [-0.4, -0.2) is 9.97 Å². The van der Waals surface area contributed by atoms with Gasteiger partial charge in [0.1, 0.15) is 11.6 Å². The SMILES string of the molecule is Cc1cc(-c2cccc(F)c2)cc(C)c1Nc1ccnc(Nc2ccc(C#N)cc2)n1. The van der Waals surface area contributed by atoms with Gasteiger partial charge in [0.15, 0.2) is 0 Å². The number of rotatable bonds is 5. The van der Waals surface area contributed by atoms with Gasteiger partial charge in [-0.1, -0.05) is 12.1 Å². The Bertz CT molecular complexity index is 1250. The van der Waals surface area contributed by atoms with E-state index in [0.29, 0.717) is 17.3 Å². The highest BCUT2D eigenvalue weighted by Crippen LogP contribution is 2.30. The number of aromatic nitrogens is 2. The molecule has 2 N–H and O–H groups in total. The van der Waals surface area contributed by atoms with Crippen molar-refractivity contribution >= 4 is 23.1 Å². The second-order valence-electron chi connectivity index (χ2n) is 7.20. The predicted octanol–water partition coefficient (Wildman–Crippen LogP) is 6.26. The number of nitriles is 1. The lowest BCUT2D eigenvalue weighted by atomic mass is 9.99. The number of hydrogen-bond donors (Lipinski definition) is 2. The Kier molecular flexibility index (Phi) is 5.59. The van der Waals surface area contributed by atoms with E-state index in [1.54, 1.807) is 42.6 Å². The molecular weight excluding hydrogens is 389 g/mol. The zero-order chi connectivity index (χ0) is 21.8. The molecule has 0 spiro atoms. The molecule has 0 saturated carbocycles. The lowest BCUT2D eigenvalue weighted by Gasteiger charge is -2.15. The smallest absolute Gasteiger partial charge is 0.229 e. The Hall–Kier alpha value is -4.24. The van der Waals surface area contributed by atoms with Gasteiger partial charge < -0.3 is 10.6 Å². The quantitative estimate of drug-likeness (QED) is 0.407. The highest BCUT2D eigenvalue weighted by Gasteiger charge is 2.09. The fourth-order valence-electron chi connectivity index (χ4n) is 3.37. The summed E-state index contributed by atoms with van der Waals surface area (Å²) in [5.41, 5.74) is 6.19. The van der Waals surface area contributed by atoms with Crippen LogP contribution in [0, 0.1) is 31.0 Å². The molecule has 0 bridgehead atoms. The lowest BCUT2D eigenvalue weighted by Crippen LogP contribution is -2.02. The molecule has 1 aromatic heterocycles. The standard InChI is InChI=1S/C25H20FN5/c1-16-12-20(19-4-3-5-21(26)14-19)13-17(2)24(16)30-23-10-11-28-25(31-23)29-22-8-6-18(15-27)7-9-22/h3-14H,1-2H3,(H2,28,29,30,31). The highest BCUT2D eigenvalue weighted by molar-refractivity contribution is 5.73. The third kappa shape index (κ3) is 4.68. The molecule has 4 rings (SSSR count). The van der Waals surface area contributed by atoms with E-state index in [1.165, 1.54) is 12.1 Å². The summed E-state index contributed by atoms with van der Waals surface area (Å²) < 4.78 is 13.6. The van der Waals surface area contributed by atoms with Crippen LogP contribution in [0.3, 0.4) is 0 Å². The van der Waals surface area contributed by atoms with E-state index in [4.69, 9.17) is 5.26 Å². The van der Waals surface area contributed by atoms with Crippen molar-refractivity contribution in [2.45, 2.75) is 13.8 Å². The first-order valence-corrected chi connectivity index (χ1v) is 9.76. The predicted molar refractivity (Wildman–Crippen MR) is 121 cm³/mol. The van der Waals surface area contributed by atoms with Gasteiger partial charge in [-0.25, -0.2) is 9.37 Å². The summed E-state index contributed by atoms with van der Waals surface area (Å²) in [6.45, 7) is 4.02. The number of nitrogens with zero attached hydrogens (tertiary/aromatic N) is 3. The van der Waals surface area contributed by atoms with E-state index < -0.39 is 0 Å². The van der Waals surface area contributed by atoms with Crippen LogP contribution in [0.25, 0.3) is 11.1 Å². The first-order chi connectivity index (χ1) is 15.0. The van der Waals surface area contributed by atoms with Crippen molar-refractivity contribution in [1.29, 1.82) is 5.26 Å². The number of halogens is 1. The molecule has 5 nitrogen and oxygen atoms in total. The Balaban J connectivity index is 1.56. The van der Waals surface area contributed by atoms with E-state index in [-0.39, 0.29) is 5.82 Å². The van der Waals surface area contributed by atoms with Crippen LogP contribution in [0.5, 0.6) is 0 Å². The average molecular weight is 409 g/mol. The summed E-state index contributed by atoms with van der Waals surface area (Å²) in [5.74, 6) is 0.843. The van der Waals surface area contributed by atoms with Crippen LogP contribution in [0.1, 0.15) is 16.7 Å². The van der Waals surface area contributed by atoms with Crippen LogP contribution in [0.2, 0.25) is 0 Å². The number of nitrogens with one attached hydrogen (secondary N) is 2. The number of anilines is 4. The van der Waals surface area contributed by atoms with Gasteiger partial charge in [0.25, 0.3) is 0 Å². The van der Waals surface area contributed by atoms with Crippen molar-refractivity contribution in [1.82, 2.24) is 9.97 Å². The second-order valence-corrected chi connectivity index (χ2v) is 7.20. The minimum atomic E-state index is -0.252. The summed E-state index contributed by atoms with van der Waals surface area (Å²) >= 11 is 0. The molecule has 0 atom stereocenters. The zero-order valence-corrected chi connectivity index (χ0v) is 17.1. The highest BCUT2D eigenvalue weighted by atomic mass is 19.1. The number of aryl methyl sites for hydroxylation is 2. The molecule has 6 heteroatoms. The van der Waals surface area contributed by atoms with Crippen molar-refractivity contribution in [3.05, 3.63) is 95.4 Å². The monoisotopic (exact) mass is 409 g/mol. The molecule has 0 unspecified atom stereocenters. The Labute approximate surface area is 180 Å². The van der Waals surface area contributed by atoms with Crippen molar-refractivity contribution in [3.63, 3.8) is 0 Å². The number of hydrogen-bond acceptors (Lipinski definition) is 5. The van der Waals surface area contributed by atoms with E-state index in [0.717, 1.165) is 33.6 Å². The van der Waals surface area contributed by atoms with Crippen LogP contribution in [0.15, 0.2) is 72.9 Å². The first kappa shape index (κ1) is 20.0. The maximum absolute atomic E-state index is 13.6. The topological polar surface area (TPSA) is 73.6 Å². The minimum Gasteiger partial charge on any atom is -0.340 e. The lowest BCUT2D eigenvalue weighted by molar-refractivity contribution is 0.628. The maximum Gasteiger partial charge on any atom is 0.229 e. The van der Waals surface area contributed by atoms with Crippen LogP contribution in [-0.2, 0) is 0 Å². The van der Waals surface area contributed by atoms with E-state index >= 15 is 0 Å². The third-order valence-corrected chi connectivity index (χ3v) is 4.87. The van der Waals surface area contributed by atoms with Crippen molar-refractivity contribution in [3.8, 4) is 17.2 Å². The zero-order valence-electron chi connectivity index (χ0n) is 17.1. The van der Waals surface area contributed by atoms with Crippen LogP contribution < -0.4 is 10.6 Å². The Morgan fingerprint density at radius 2 is 1.61 bits per heavy atom. The molecule has 0 radical (unpaired) electrons. The summed E-state index contributed by atoms with van der Waals surface area (Å²) in [6, 6.07) is 21.6. The van der Waals surface area contributed by atoms with Gasteiger partial charge in [-0.2, -0.15) is 10.2 Å². The first-order valence-electron chi connectivity index (χ1n) is 9.76. The fraction of sp³-hybridized carbons (Fsp3) is 0.0800. The second kappa shape index (κ2) is 8.64. The van der Waals surface area contributed by atoms with Gasteiger partial charge in [-0.05, 0) is 90.7 Å². The molecule has 0 aliphatic heterocycles. The minimum absolute atomic E-state index is 0.252. The molecule has 0 aliphatic carbocycles. The van der Waals surface area contributed by atoms with Gasteiger partial charge in [-0.15, -0.1) is 0 Å². The third-order valence-electron chi connectivity index (χ3n) is 4.87. The Morgan fingerprint density at radius 3 is 2.29 bits per heavy atom. The average Bonchev–Trinajstić information content (AvgIpc) is 2.77. The van der Waals surface area contributed by atoms with Crippen LogP contribution in [0.4, 0.5) is 27.5 Å². The molecule has 0 amide bonds. The number of benzene rings is 3. The normalized spacial score (nSPS) is 10.4. The van der Waals surface area contributed by atoms with E-state index in [9.17, 15) is 4.39 Å².